The number of hydrogen-bond acceptors (Lipinski definition) is 5. The Morgan fingerprint density at radius 2 is 2.00 bits per heavy atom. The van der Waals surface area contributed by atoms with Crippen molar-refractivity contribution in [2.24, 2.45) is 0 Å². The van der Waals surface area contributed by atoms with Gasteiger partial charge < -0.3 is 15.8 Å². The van der Waals surface area contributed by atoms with Crippen LogP contribution in [0.4, 0.5) is 5.69 Å². The highest BCUT2D eigenvalue weighted by Crippen LogP contribution is 2.19. The molecule has 1 aromatic heterocycles. The summed E-state index contributed by atoms with van der Waals surface area (Å²) in [5.41, 5.74) is 6.72. The number of carbonyl (C=O) groups is 1. The third-order valence-corrected chi connectivity index (χ3v) is 2.39. The van der Waals surface area contributed by atoms with Gasteiger partial charge in [0.2, 0.25) is 0 Å². The van der Waals surface area contributed by atoms with Gasteiger partial charge in [-0.3, -0.25) is 4.79 Å². The van der Waals surface area contributed by atoms with Crippen molar-refractivity contribution in [2.75, 3.05) is 18.9 Å². The van der Waals surface area contributed by atoms with E-state index < -0.39 is 0 Å². The Kier molecular flexibility index (Phi) is 4.28. The zero-order valence-corrected chi connectivity index (χ0v) is 10.2. The molecule has 1 aromatic carbocycles. The van der Waals surface area contributed by atoms with E-state index in [1.807, 2.05) is 12.1 Å². The van der Waals surface area contributed by atoms with Crippen LogP contribution in [-0.2, 0) is 0 Å². The summed E-state index contributed by atoms with van der Waals surface area (Å²) in [5.74, 6) is 0.380. The molecule has 0 radical (unpaired) electrons. The van der Waals surface area contributed by atoms with Crippen LogP contribution in [0, 0.1) is 0 Å². The van der Waals surface area contributed by atoms with E-state index in [0.29, 0.717) is 30.2 Å². The predicted molar refractivity (Wildman–Crippen MR) is 70.7 cm³/mol. The maximum Gasteiger partial charge on any atom is 0.254 e. The fraction of sp³-hybridized carbons (Fsp3) is 0.154. The number of rotatable bonds is 5. The first-order valence-corrected chi connectivity index (χ1v) is 5.78. The number of ether oxygens (including phenoxy) is 1. The van der Waals surface area contributed by atoms with Gasteiger partial charge in [-0.15, -0.1) is 0 Å². The van der Waals surface area contributed by atoms with Crippen LogP contribution in [0.25, 0.3) is 0 Å². The third kappa shape index (κ3) is 3.67. The normalized spacial score (nSPS) is 9.89. The molecule has 6 heteroatoms. The van der Waals surface area contributed by atoms with Crippen molar-refractivity contribution in [3.8, 4) is 5.75 Å². The van der Waals surface area contributed by atoms with Crippen LogP contribution in [-0.4, -0.2) is 29.0 Å². The molecule has 0 bridgehead atoms. The van der Waals surface area contributed by atoms with Crippen LogP contribution in [0.2, 0.25) is 0 Å². The number of para-hydroxylation sites is 2. The summed E-state index contributed by atoms with van der Waals surface area (Å²) in [6.07, 6.45) is 4.29. The lowest BCUT2D eigenvalue weighted by molar-refractivity contribution is 0.0946. The Bertz CT molecular complexity index is 545. The summed E-state index contributed by atoms with van der Waals surface area (Å²) in [5, 5.41) is 2.70. The van der Waals surface area contributed by atoms with Crippen LogP contribution >= 0.6 is 0 Å². The van der Waals surface area contributed by atoms with Gasteiger partial charge in [0, 0.05) is 12.4 Å². The zero-order valence-electron chi connectivity index (χ0n) is 10.2. The quantitative estimate of drug-likeness (QED) is 0.613. The SMILES string of the molecule is Nc1ccccc1OCCNC(=O)c1cncnc1. The average Bonchev–Trinajstić information content (AvgIpc) is 2.46. The van der Waals surface area contributed by atoms with E-state index in [-0.39, 0.29) is 5.91 Å². The van der Waals surface area contributed by atoms with E-state index in [0.717, 1.165) is 0 Å². The van der Waals surface area contributed by atoms with E-state index in [4.69, 9.17) is 10.5 Å². The van der Waals surface area contributed by atoms with Gasteiger partial charge in [-0.25, -0.2) is 9.97 Å². The highest BCUT2D eigenvalue weighted by atomic mass is 16.5. The summed E-state index contributed by atoms with van der Waals surface area (Å²) >= 11 is 0. The molecule has 3 N–H and O–H groups in total. The number of nitrogens with one attached hydrogen (secondary N) is 1. The molecule has 0 aliphatic heterocycles. The second kappa shape index (κ2) is 6.34. The molecule has 0 aliphatic carbocycles. The first-order chi connectivity index (χ1) is 9.27. The van der Waals surface area contributed by atoms with Crippen molar-refractivity contribution in [1.29, 1.82) is 0 Å². The average molecular weight is 258 g/mol. The fourth-order valence-electron chi connectivity index (χ4n) is 1.46. The second-order valence-electron chi connectivity index (χ2n) is 3.77. The Morgan fingerprint density at radius 1 is 1.26 bits per heavy atom. The Hall–Kier alpha value is -2.63. The molecule has 0 saturated carbocycles. The van der Waals surface area contributed by atoms with Gasteiger partial charge >= 0.3 is 0 Å². The minimum atomic E-state index is -0.231. The molecule has 2 rings (SSSR count). The first kappa shape index (κ1) is 12.8. The summed E-state index contributed by atoms with van der Waals surface area (Å²) in [7, 11) is 0. The molecule has 1 heterocycles. The zero-order chi connectivity index (χ0) is 13.5. The number of hydrogen-bond donors (Lipinski definition) is 2. The standard InChI is InChI=1S/C13H14N4O2/c14-11-3-1-2-4-12(11)19-6-5-17-13(18)10-7-15-9-16-8-10/h1-4,7-9H,5-6,14H2,(H,17,18). The maximum atomic E-state index is 11.7. The van der Waals surface area contributed by atoms with Crippen molar-refractivity contribution in [3.63, 3.8) is 0 Å². The lowest BCUT2D eigenvalue weighted by Gasteiger charge is -2.09. The molecule has 19 heavy (non-hydrogen) atoms. The largest absolute Gasteiger partial charge is 0.490 e. The minimum Gasteiger partial charge on any atom is -0.490 e. The van der Waals surface area contributed by atoms with Crippen LogP contribution in [0.5, 0.6) is 5.75 Å². The van der Waals surface area contributed by atoms with E-state index >= 15 is 0 Å². The molecule has 2 aromatic rings. The smallest absolute Gasteiger partial charge is 0.254 e. The van der Waals surface area contributed by atoms with Crippen molar-refractivity contribution in [1.82, 2.24) is 15.3 Å². The molecule has 0 unspecified atom stereocenters. The Morgan fingerprint density at radius 3 is 2.74 bits per heavy atom. The van der Waals surface area contributed by atoms with Crippen LogP contribution in [0.3, 0.4) is 0 Å². The number of aromatic nitrogens is 2. The van der Waals surface area contributed by atoms with Gasteiger partial charge in [-0.2, -0.15) is 0 Å². The molecule has 98 valence electrons. The number of nitrogen functional groups attached to an aromatic ring is 1. The minimum absolute atomic E-state index is 0.231. The van der Waals surface area contributed by atoms with Gasteiger partial charge in [0.25, 0.3) is 5.91 Å². The van der Waals surface area contributed by atoms with Gasteiger partial charge in [-0.1, -0.05) is 12.1 Å². The number of nitrogens with two attached hydrogens (primary N) is 1. The summed E-state index contributed by atoms with van der Waals surface area (Å²) in [4.78, 5) is 19.2. The molecule has 0 aliphatic rings. The first-order valence-electron chi connectivity index (χ1n) is 5.78. The summed E-state index contributed by atoms with van der Waals surface area (Å²) < 4.78 is 5.45. The van der Waals surface area contributed by atoms with Gasteiger partial charge in [0.15, 0.2) is 0 Å². The molecular weight excluding hydrogens is 244 g/mol. The predicted octanol–water partition coefficient (Wildman–Crippen LogP) is 0.868. The number of benzene rings is 1. The molecule has 0 fully saturated rings. The number of amides is 1. The highest BCUT2D eigenvalue weighted by Gasteiger charge is 2.04. The summed E-state index contributed by atoms with van der Waals surface area (Å²) in [6.45, 7) is 0.718. The van der Waals surface area contributed by atoms with Gasteiger partial charge in [0.1, 0.15) is 18.7 Å². The van der Waals surface area contributed by atoms with E-state index in [9.17, 15) is 4.79 Å². The van der Waals surface area contributed by atoms with E-state index in [1.165, 1.54) is 18.7 Å². The van der Waals surface area contributed by atoms with Crippen LogP contribution in [0.1, 0.15) is 10.4 Å². The number of nitrogens with zero attached hydrogens (tertiary/aromatic N) is 2. The van der Waals surface area contributed by atoms with Crippen molar-refractivity contribution in [3.05, 3.63) is 48.5 Å². The highest BCUT2D eigenvalue weighted by molar-refractivity contribution is 5.93. The van der Waals surface area contributed by atoms with Crippen molar-refractivity contribution >= 4 is 11.6 Å². The molecule has 0 spiro atoms. The molecule has 6 nitrogen and oxygen atoms in total. The van der Waals surface area contributed by atoms with Gasteiger partial charge in [-0.05, 0) is 12.1 Å². The lowest BCUT2D eigenvalue weighted by atomic mass is 10.3. The molecule has 0 saturated heterocycles. The molecule has 1 amide bonds. The topological polar surface area (TPSA) is 90.1 Å². The fourth-order valence-corrected chi connectivity index (χ4v) is 1.46. The maximum absolute atomic E-state index is 11.7. The Labute approximate surface area is 110 Å². The second-order valence-corrected chi connectivity index (χ2v) is 3.77. The molecular formula is C13H14N4O2. The van der Waals surface area contributed by atoms with E-state index in [1.54, 1.807) is 12.1 Å². The number of carbonyl (C=O) groups excluding carboxylic acids is 1. The van der Waals surface area contributed by atoms with Crippen molar-refractivity contribution in [2.45, 2.75) is 0 Å². The Balaban J connectivity index is 1.76. The molecule has 0 atom stereocenters. The van der Waals surface area contributed by atoms with Crippen LogP contribution < -0.4 is 15.8 Å². The van der Waals surface area contributed by atoms with Gasteiger partial charge in [0.05, 0.1) is 17.8 Å². The monoisotopic (exact) mass is 258 g/mol. The summed E-state index contributed by atoms with van der Waals surface area (Å²) in [6, 6.07) is 7.21. The third-order valence-electron chi connectivity index (χ3n) is 2.39. The number of anilines is 1. The van der Waals surface area contributed by atoms with Crippen LogP contribution in [0.15, 0.2) is 43.0 Å². The lowest BCUT2D eigenvalue weighted by Crippen LogP contribution is -2.28. The van der Waals surface area contributed by atoms with E-state index in [2.05, 4.69) is 15.3 Å². The van der Waals surface area contributed by atoms with Crippen molar-refractivity contribution < 1.29 is 9.53 Å².